The highest BCUT2D eigenvalue weighted by Crippen LogP contribution is 2.22. The third-order valence-corrected chi connectivity index (χ3v) is 5.44. The van der Waals surface area contributed by atoms with E-state index in [0.29, 0.717) is 0 Å². The van der Waals surface area contributed by atoms with Gasteiger partial charge in [0.2, 0.25) is 0 Å². The summed E-state index contributed by atoms with van der Waals surface area (Å²) in [6.07, 6.45) is 3.66. The maximum Gasteiger partial charge on any atom is 0.271 e. The summed E-state index contributed by atoms with van der Waals surface area (Å²) in [5.41, 5.74) is 8.49. The summed E-state index contributed by atoms with van der Waals surface area (Å²) in [4.78, 5) is 12.3. The summed E-state index contributed by atoms with van der Waals surface area (Å²) in [5.74, 6) is -0.623. The summed E-state index contributed by atoms with van der Waals surface area (Å²) in [7, 11) is 0. The van der Waals surface area contributed by atoms with Crippen molar-refractivity contribution < 1.29 is 9.90 Å². The Morgan fingerprint density at radius 3 is 2.81 bits per heavy atom. The number of aromatic hydroxyl groups is 1. The zero-order valence-corrected chi connectivity index (χ0v) is 17.8. The van der Waals surface area contributed by atoms with E-state index in [2.05, 4.69) is 59.4 Å². The van der Waals surface area contributed by atoms with Gasteiger partial charge in [0.05, 0.1) is 11.8 Å². The van der Waals surface area contributed by atoms with Crippen molar-refractivity contribution in [3.63, 3.8) is 0 Å². The van der Waals surface area contributed by atoms with Crippen molar-refractivity contribution in [3.05, 3.63) is 100 Å². The van der Waals surface area contributed by atoms with E-state index in [-0.39, 0.29) is 16.9 Å². The van der Waals surface area contributed by atoms with Gasteiger partial charge in [-0.2, -0.15) is 10.4 Å². The van der Waals surface area contributed by atoms with Crippen molar-refractivity contribution >= 4 is 23.0 Å². The van der Waals surface area contributed by atoms with Crippen molar-refractivity contribution in [2.75, 3.05) is 0 Å². The number of nitrogens with zero attached hydrogens (tertiary/aromatic N) is 3. The minimum Gasteiger partial charge on any atom is -0.507 e. The molecule has 0 saturated carbocycles. The molecule has 0 saturated heterocycles. The maximum atomic E-state index is 12.3. The summed E-state index contributed by atoms with van der Waals surface area (Å²) < 4.78 is 2.20. The highest BCUT2D eigenvalue weighted by Gasteiger charge is 2.09. The smallest absolute Gasteiger partial charge is 0.271 e. The minimum atomic E-state index is -0.461. The number of carbonyl (C=O) groups is 1. The molecular formula is C26H22N4O2. The van der Waals surface area contributed by atoms with Crippen LogP contribution < -0.4 is 5.43 Å². The van der Waals surface area contributed by atoms with Crippen LogP contribution in [0.15, 0.2) is 72.0 Å². The van der Waals surface area contributed by atoms with E-state index in [0.717, 1.165) is 23.0 Å². The summed E-state index contributed by atoms with van der Waals surface area (Å²) >= 11 is 0. The van der Waals surface area contributed by atoms with Crippen LogP contribution in [-0.4, -0.2) is 21.8 Å². The number of hydrogen-bond acceptors (Lipinski definition) is 4. The van der Waals surface area contributed by atoms with Gasteiger partial charge < -0.3 is 9.67 Å². The van der Waals surface area contributed by atoms with Crippen LogP contribution in [0.4, 0.5) is 0 Å². The van der Waals surface area contributed by atoms with Crippen molar-refractivity contribution in [2.24, 2.45) is 5.10 Å². The quantitative estimate of drug-likeness (QED) is 0.362. The number of hydrogen-bond donors (Lipinski definition) is 2. The van der Waals surface area contributed by atoms with Gasteiger partial charge in [0.25, 0.3) is 5.91 Å². The normalized spacial score (nSPS) is 11.0. The fourth-order valence-electron chi connectivity index (χ4n) is 3.64. The van der Waals surface area contributed by atoms with Gasteiger partial charge in [-0.1, -0.05) is 35.9 Å². The van der Waals surface area contributed by atoms with E-state index < -0.39 is 5.91 Å². The Labute approximate surface area is 186 Å². The molecule has 0 aliphatic heterocycles. The molecular weight excluding hydrogens is 400 g/mol. The predicted octanol–water partition coefficient (Wildman–Crippen LogP) is 4.65. The van der Waals surface area contributed by atoms with Crippen LogP contribution in [0.25, 0.3) is 10.9 Å². The number of phenols is 1. The Bertz CT molecular complexity index is 1390. The van der Waals surface area contributed by atoms with Gasteiger partial charge in [0.15, 0.2) is 0 Å². The first-order valence-electron chi connectivity index (χ1n) is 10.2. The molecule has 158 valence electrons. The van der Waals surface area contributed by atoms with Crippen molar-refractivity contribution in [2.45, 2.75) is 20.4 Å². The van der Waals surface area contributed by atoms with E-state index in [4.69, 9.17) is 5.26 Å². The molecule has 0 atom stereocenters. The number of nitrogens with one attached hydrogen (secondary N) is 1. The molecule has 4 aromatic rings. The Balaban J connectivity index is 1.54. The van der Waals surface area contributed by atoms with Gasteiger partial charge in [-0.3, -0.25) is 4.79 Å². The summed E-state index contributed by atoms with van der Waals surface area (Å²) in [6, 6.07) is 20.4. The molecule has 32 heavy (non-hydrogen) atoms. The molecule has 2 N–H and O–H groups in total. The zero-order valence-electron chi connectivity index (χ0n) is 17.8. The predicted molar refractivity (Wildman–Crippen MR) is 125 cm³/mol. The number of aryl methyl sites for hydroxylation is 2. The number of fused-ring (bicyclic) bond motifs is 1. The van der Waals surface area contributed by atoms with Crippen molar-refractivity contribution in [1.82, 2.24) is 9.99 Å². The molecule has 0 fully saturated rings. The van der Waals surface area contributed by atoms with E-state index in [1.165, 1.54) is 34.9 Å². The highest BCUT2D eigenvalue weighted by atomic mass is 16.3. The van der Waals surface area contributed by atoms with Crippen LogP contribution in [0.2, 0.25) is 0 Å². The minimum absolute atomic E-state index is 0.0385. The number of carbonyl (C=O) groups excluding carboxylic acids is 1. The third-order valence-electron chi connectivity index (χ3n) is 5.44. The second-order valence-corrected chi connectivity index (χ2v) is 7.70. The summed E-state index contributed by atoms with van der Waals surface area (Å²) in [6.45, 7) is 4.99. The Morgan fingerprint density at radius 2 is 2.00 bits per heavy atom. The summed E-state index contributed by atoms with van der Waals surface area (Å²) in [5, 5.41) is 23.7. The molecule has 1 aromatic heterocycles. The second-order valence-electron chi connectivity index (χ2n) is 7.70. The van der Waals surface area contributed by atoms with Crippen molar-refractivity contribution in [3.8, 4) is 11.8 Å². The molecule has 0 bridgehead atoms. The van der Waals surface area contributed by atoms with Crippen molar-refractivity contribution in [1.29, 1.82) is 5.26 Å². The number of hydrazone groups is 1. The van der Waals surface area contributed by atoms with Gasteiger partial charge in [-0.25, -0.2) is 5.43 Å². The van der Waals surface area contributed by atoms with Crippen LogP contribution >= 0.6 is 0 Å². The Hall–Kier alpha value is -4.37. The monoisotopic (exact) mass is 422 g/mol. The third kappa shape index (κ3) is 4.23. The van der Waals surface area contributed by atoms with E-state index in [1.807, 2.05) is 24.3 Å². The van der Waals surface area contributed by atoms with Crippen LogP contribution in [0.5, 0.6) is 5.75 Å². The number of nitriles is 1. The maximum absolute atomic E-state index is 12.3. The van der Waals surface area contributed by atoms with Gasteiger partial charge in [-0.15, -0.1) is 0 Å². The van der Waals surface area contributed by atoms with Gasteiger partial charge in [0, 0.05) is 34.8 Å². The van der Waals surface area contributed by atoms with Crippen LogP contribution in [0.3, 0.4) is 0 Å². The molecule has 0 unspecified atom stereocenters. The first kappa shape index (κ1) is 20.9. The topological polar surface area (TPSA) is 90.4 Å². The zero-order chi connectivity index (χ0) is 22.7. The number of rotatable bonds is 5. The Kier molecular flexibility index (Phi) is 5.73. The second kappa shape index (κ2) is 8.78. The largest absolute Gasteiger partial charge is 0.507 e. The lowest BCUT2D eigenvalue weighted by atomic mass is 10.1. The fraction of sp³-hybridized carbons (Fsp3) is 0.115. The van der Waals surface area contributed by atoms with E-state index >= 15 is 0 Å². The molecule has 0 aliphatic rings. The van der Waals surface area contributed by atoms with Crippen LogP contribution in [-0.2, 0) is 6.54 Å². The van der Waals surface area contributed by atoms with E-state index in [9.17, 15) is 9.90 Å². The first-order valence-corrected chi connectivity index (χ1v) is 10.2. The lowest BCUT2D eigenvalue weighted by Crippen LogP contribution is -2.17. The standard InChI is InChI=1S/C26H22N4O2/c1-17-6-7-18(2)22(12-17)16-30-11-10-23-20(4-3-5-24(23)30)15-28-29-26(32)19-8-9-25(31)21(13-19)14-27/h3-13,15,31H,16H2,1-2H3,(H,29,32)/b28-15+. The molecule has 6 nitrogen and oxygen atoms in total. The lowest BCUT2D eigenvalue weighted by Gasteiger charge is -2.10. The van der Waals surface area contributed by atoms with Crippen LogP contribution in [0, 0.1) is 25.2 Å². The number of amides is 1. The van der Waals surface area contributed by atoms with E-state index in [1.54, 1.807) is 6.21 Å². The molecule has 1 heterocycles. The van der Waals surface area contributed by atoms with Gasteiger partial charge in [-0.05, 0) is 55.3 Å². The SMILES string of the molecule is Cc1ccc(C)c(Cn2ccc3c(/C=N/NC(=O)c4ccc(O)c(C#N)c4)cccc32)c1. The number of benzene rings is 3. The Morgan fingerprint density at radius 1 is 1.16 bits per heavy atom. The molecule has 0 radical (unpaired) electrons. The van der Waals surface area contributed by atoms with Gasteiger partial charge in [0.1, 0.15) is 11.8 Å². The average Bonchev–Trinajstić information content (AvgIpc) is 3.20. The number of aromatic nitrogens is 1. The molecule has 3 aromatic carbocycles. The fourth-order valence-corrected chi connectivity index (χ4v) is 3.64. The molecule has 1 amide bonds. The highest BCUT2D eigenvalue weighted by molar-refractivity contribution is 6.00. The molecule has 4 rings (SSSR count). The molecule has 0 aliphatic carbocycles. The van der Waals surface area contributed by atoms with Gasteiger partial charge >= 0.3 is 0 Å². The van der Waals surface area contributed by atoms with Crippen LogP contribution in [0.1, 0.15) is 38.2 Å². The lowest BCUT2D eigenvalue weighted by molar-refractivity contribution is 0.0955. The molecule has 0 spiro atoms. The first-order chi connectivity index (χ1) is 15.5. The number of phenolic OH excluding ortho intramolecular Hbond substituents is 1. The molecule has 6 heteroatoms. The average molecular weight is 422 g/mol.